The van der Waals surface area contributed by atoms with Crippen LogP contribution in [0.4, 0.5) is 4.79 Å². The number of hydrogen-bond acceptors (Lipinski definition) is 5. The highest BCUT2D eigenvalue weighted by atomic mass is 16.6. The largest absolute Gasteiger partial charge is 0.478 e. The van der Waals surface area contributed by atoms with E-state index in [4.69, 9.17) is 9.47 Å². The molecule has 0 bridgehead atoms. The van der Waals surface area contributed by atoms with Crippen LogP contribution in [0.2, 0.25) is 0 Å². The molecule has 8 nitrogen and oxygen atoms in total. The summed E-state index contributed by atoms with van der Waals surface area (Å²) in [7, 11) is 0. The van der Waals surface area contributed by atoms with Crippen LogP contribution in [0.3, 0.4) is 0 Å². The van der Waals surface area contributed by atoms with Crippen LogP contribution in [0.1, 0.15) is 50.0 Å². The first kappa shape index (κ1) is 23.4. The van der Waals surface area contributed by atoms with Gasteiger partial charge in [0.05, 0.1) is 6.04 Å². The number of carboxylic acid groups (broad SMARTS) is 1. The van der Waals surface area contributed by atoms with E-state index in [0.717, 1.165) is 5.75 Å². The van der Waals surface area contributed by atoms with Crippen molar-refractivity contribution in [3.8, 4) is 22.8 Å². The third-order valence-electron chi connectivity index (χ3n) is 5.56. The van der Waals surface area contributed by atoms with E-state index in [1.165, 1.54) is 0 Å². The Labute approximate surface area is 198 Å². The summed E-state index contributed by atoms with van der Waals surface area (Å²) in [6, 6.07) is 16.7. The predicted molar refractivity (Wildman–Crippen MR) is 127 cm³/mol. The van der Waals surface area contributed by atoms with Gasteiger partial charge in [-0.2, -0.15) is 5.10 Å². The number of carbonyl (C=O) groups excluding carboxylic acids is 1. The first-order chi connectivity index (χ1) is 16.2. The van der Waals surface area contributed by atoms with Crippen molar-refractivity contribution in [3.63, 3.8) is 0 Å². The number of piperidine rings is 1. The average molecular weight is 464 g/mol. The Balaban J connectivity index is 1.47. The van der Waals surface area contributed by atoms with Gasteiger partial charge in [0, 0.05) is 24.8 Å². The van der Waals surface area contributed by atoms with Crippen molar-refractivity contribution < 1.29 is 24.2 Å². The fourth-order valence-corrected chi connectivity index (χ4v) is 3.89. The van der Waals surface area contributed by atoms with Gasteiger partial charge in [-0.1, -0.05) is 18.2 Å². The number of hydrogen-bond donors (Lipinski definition) is 1. The van der Waals surface area contributed by atoms with Crippen LogP contribution in [0, 0.1) is 0 Å². The molecule has 2 heterocycles. The van der Waals surface area contributed by atoms with Gasteiger partial charge in [0.1, 0.15) is 28.4 Å². The van der Waals surface area contributed by atoms with Crippen molar-refractivity contribution >= 4 is 12.1 Å². The fraction of sp³-hybridized carbons (Fsp3) is 0.346. The molecule has 8 heteroatoms. The summed E-state index contributed by atoms with van der Waals surface area (Å²) < 4.78 is 13.0. The van der Waals surface area contributed by atoms with Crippen LogP contribution in [-0.4, -0.2) is 50.5 Å². The minimum absolute atomic E-state index is 0.00576. The van der Waals surface area contributed by atoms with Crippen LogP contribution < -0.4 is 4.74 Å². The number of aromatic carboxylic acids is 1. The van der Waals surface area contributed by atoms with E-state index in [1.807, 2.05) is 63.2 Å². The van der Waals surface area contributed by atoms with Gasteiger partial charge >= 0.3 is 12.1 Å². The second-order valence-electron chi connectivity index (χ2n) is 9.31. The maximum atomic E-state index is 12.3. The zero-order chi connectivity index (χ0) is 24.3. The second kappa shape index (κ2) is 9.59. The normalized spacial score (nSPS) is 14.6. The highest BCUT2D eigenvalue weighted by Gasteiger charge is 2.29. The number of nitrogens with zero attached hydrogens (tertiary/aromatic N) is 3. The van der Waals surface area contributed by atoms with Crippen LogP contribution in [0.25, 0.3) is 11.3 Å². The number of benzene rings is 2. The molecule has 2 aromatic carbocycles. The molecule has 0 atom stereocenters. The molecule has 1 N–H and O–H groups in total. The molecule has 0 saturated carbocycles. The summed E-state index contributed by atoms with van der Waals surface area (Å²) in [6.45, 7) is 6.59. The average Bonchev–Trinajstić information content (AvgIpc) is 3.25. The van der Waals surface area contributed by atoms with Crippen molar-refractivity contribution in [2.45, 2.75) is 45.3 Å². The summed E-state index contributed by atoms with van der Waals surface area (Å²) in [4.78, 5) is 25.9. The Bertz CT molecular complexity index is 1140. The standard InChI is InChI=1S/C26H29N3O5/c1-26(2,3)34-25(32)28-15-13-19(14-16-28)29-17-22(24(30)31)23(27-29)18-9-11-21(12-10-18)33-20-7-5-4-6-8-20/h4-12,17,19H,13-16H2,1-3H3,(H,30,31). The quantitative estimate of drug-likeness (QED) is 0.528. The highest BCUT2D eigenvalue weighted by molar-refractivity contribution is 5.94. The van der Waals surface area contributed by atoms with Gasteiger partial charge in [0.2, 0.25) is 0 Å². The Morgan fingerprint density at radius 3 is 2.18 bits per heavy atom. The monoisotopic (exact) mass is 463 g/mol. The molecular weight excluding hydrogens is 434 g/mol. The van der Waals surface area contributed by atoms with Crippen molar-refractivity contribution in [2.75, 3.05) is 13.1 Å². The molecule has 0 radical (unpaired) electrons. The van der Waals surface area contributed by atoms with E-state index in [1.54, 1.807) is 27.9 Å². The zero-order valence-electron chi connectivity index (χ0n) is 19.6. The lowest BCUT2D eigenvalue weighted by atomic mass is 10.1. The Morgan fingerprint density at radius 2 is 1.59 bits per heavy atom. The second-order valence-corrected chi connectivity index (χ2v) is 9.31. The highest BCUT2D eigenvalue weighted by Crippen LogP contribution is 2.30. The van der Waals surface area contributed by atoms with Crippen molar-refractivity contribution in [1.29, 1.82) is 0 Å². The van der Waals surface area contributed by atoms with Crippen molar-refractivity contribution in [1.82, 2.24) is 14.7 Å². The molecule has 178 valence electrons. The number of carbonyl (C=O) groups is 2. The summed E-state index contributed by atoms with van der Waals surface area (Å²) in [5.74, 6) is 0.348. The van der Waals surface area contributed by atoms with Crippen LogP contribution in [-0.2, 0) is 4.74 Å². The first-order valence-electron chi connectivity index (χ1n) is 11.3. The molecule has 0 aliphatic carbocycles. The molecule has 1 aliphatic rings. The topological polar surface area (TPSA) is 93.9 Å². The minimum atomic E-state index is -1.03. The SMILES string of the molecule is CC(C)(C)OC(=O)N1CCC(n2cc(C(=O)O)c(-c3ccc(Oc4ccccc4)cc3)n2)CC1. The van der Waals surface area contributed by atoms with Gasteiger partial charge < -0.3 is 19.5 Å². The van der Waals surface area contributed by atoms with E-state index in [9.17, 15) is 14.7 Å². The van der Waals surface area contributed by atoms with E-state index >= 15 is 0 Å². The lowest BCUT2D eigenvalue weighted by Crippen LogP contribution is -2.42. The predicted octanol–water partition coefficient (Wildman–Crippen LogP) is 5.61. The number of aromatic nitrogens is 2. The van der Waals surface area contributed by atoms with Crippen LogP contribution >= 0.6 is 0 Å². The lowest BCUT2D eigenvalue weighted by Gasteiger charge is -2.33. The van der Waals surface area contributed by atoms with Gasteiger partial charge in [-0.3, -0.25) is 4.68 Å². The molecule has 4 rings (SSSR count). The van der Waals surface area contributed by atoms with E-state index in [0.29, 0.717) is 42.9 Å². The molecule has 1 amide bonds. The minimum Gasteiger partial charge on any atom is -0.478 e. The third kappa shape index (κ3) is 5.57. The van der Waals surface area contributed by atoms with Gasteiger partial charge in [-0.05, 0) is 70.0 Å². The Hall–Kier alpha value is -3.81. The van der Waals surface area contributed by atoms with Crippen molar-refractivity contribution in [3.05, 3.63) is 66.4 Å². The summed E-state index contributed by atoms with van der Waals surface area (Å²) in [5.41, 5.74) is 0.713. The van der Waals surface area contributed by atoms with E-state index in [2.05, 4.69) is 5.10 Å². The number of likely N-dealkylation sites (tertiary alicyclic amines) is 1. The summed E-state index contributed by atoms with van der Waals surface area (Å²) in [5, 5.41) is 14.4. The van der Waals surface area contributed by atoms with E-state index < -0.39 is 11.6 Å². The van der Waals surface area contributed by atoms with Gasteiger partial charge in [0.25, 0.3) is 0 Å². The molecule has 3 aromatic rings. The smallest absolute Gasteiger partial charge is 0.410 e. The molecule has 1 fully saturated rings. The Kier molecular flexibility index (Phi) is 6.58. The number of para-hydroxylation sites is 1. The van der Waals surface area contributed by atoms with Crippen LogP contribution in [0.15, 0.2) is 60.8 Å². The van der Waals surface area contributed by atoms with Crippen LogP contribution in [0.5, 0.6) is 11.5 Å². The first-order valence-corrected chi connectivity index (χ1v) is 11.3. The molecule has 1 saturated heterocycles. The zero-order valence-corrected chi connectivity index (χ0v) is 19.6. The summed E-state index contributed by atoms with van der Waals surface area (Å²) in [6.07, 6.45) is 2.60. The lowest BCUT2D eigenvalue weighted by molar-refractivity contribution is 0.0184. The van der Waals surface area contributed by atoms with Gasteiger partial charge in [-0.25, -0.2) is 9.59 Å². The van der Waals surface area contributed by atoms with Crippen molar-refractivity contribution in [2.24, 2.45) is 0 Å². The molecule has 1 aromatic heterocycles. The number of rotatable bonds is 5. The molecule has 0 spiro atoms. The number of carboxylic acids is 1. The molecule has 34 heavy (non-hydrogen) atoms. The van der Waals surface area contributed by atoms with E-state index in [-0.39, 0.29) is 17.7 Å². The van der Waals surface area contributed by atoms with Gasteiger partial charge in [0.15, 0.2) is 0 Å². The molecule has 0 unspecified atom stereocenters. The maximum Gasteiger partial charge on any atom is 0.410 e. The summed E-state index contributed by atoms with van der Waals surface area (Å²) >= 11 is 0. The number of ether oxygens (including phenoxy) is 2. The maximum absolute atomic E-state index is 12.3. The van der Waals surface area contributed by atoms with Gasteiger partial charge in [-0.15, -0.1) is 0 Å². The number of amides is 1. The third-order valence-corrected chi connectivity index (χ3v) is 5.56. The molecular formula is C26H29N3O5. The molecule has 1 aliphatic heterocycles. The fourth-order valence-electron chi connectivity index (χ4n) is 3.89. The Morgan fingerprint density at radius 1 is 0.971 bits per heavy atom.